The predicted octanol–water partition coefficient (Wildman–Crippen LogP) is 11.3. The average molecular weight is 635 g/mol. The van der Waals surface area contributed by atoms with Gasteiger partial charge in [-0.15, -0.1) is 0 Å². The Bertz CT molecular complexity index is 610. The molecule has 0 fully saturated rings. The summed E-state index contributed by atoms with van der Waals surface area (Å²) in [7, 11) is -4.12. The van der Waals surface area contributed by atoms with Crippen molar-refractivity contribution in [3.8, 4) is 0 Å². The standard InChI is InChI=1S/C34H68F2O4S.Na.H/c1-2-3-4-5-6-7-8-9-10-11-12-13-14-15-16-17-20-23-26-29-32-39-41(37,38)40-33-34(36)30-27-24-21-18-19-22-25-28-31-35;;/h34H,2-33H2,1H3;;. The molecular weight excluding hydrogens is 565 g/mol. The summed E-state index contributed by atoms with van der Waals surface area (Å²) in [6, 6.07) is 0. The van der Waals surface area contributed by atoms with Gasteiger partial charge >= 0.3 is 40.0 Å². The number of alkyl halides is 2. The van der Waals surface area contributed by atoms with E-state index in [4.69, 9.17) is 8.37 Å². The van der Waals surface area contributed by atoms with Gasteiger partial charge in [0, 0.05) is 0 Å². The van der Waals surface area contributed by atoms with E-state index in [0.29, 0.717) is 19.3 Å². The molecule has 0 radical (unpaired) electrons. The molecule has 4 nitrogen and oxygen atoms in total. The molecule has 0 aliphatic rings. The molecule has 8 heteroatoms. The van der Waals surface area contributed by atoms with Gasteiger partial charge < -0.3 is 0 Å². The first kappa shape index (κ1) is 44.9. The van der Waals surface area contributed by atoms with E-state index in [-0.39, 0.29) is 42.8 Å². The van der Waals surface area contributed by atoms with Gasteiger partial charge in [-0.05, 0) is 19.3 Å². The van der Waals surface area contributed by atoms with Gasteiger partial charge in [0.05, 0.1) is 19.9 Å². The summed E-state index contributed by atoms with van der Waals surface area (Å²) in [5, 5.41) is 0. The van der Waals surface area contributed by atoms with Gasteiger partial charge in [0.2, 0.25) is 0 Å². The quantitative estimate of drug-likeness (QED) is 0.0514. The molecule has 0 rings (SSSR count). The minimum atomic E-state index is -4.12. The van der Waals surface area contributed by atoms with Gasteiger partial charge in [-0.25, -0.2) is 12.8 Å². The number of hydrogen-bond donors (Lipinski definition) is 0. The number of hydrogen-bond acceptors (Lipinski definition) is 4. The molecule has 42 heavy (non-hydrogen) atoms. The molecule has 0 aliphatic heterocycles. The Labute approximate surface area is 283 Å². The normalized spacial score (nSPS) is 12.5. The SMILES string of the molecule is CCCCCCCCCCCCCCCCCCCCCCOS(=O)(=O)OCC(F)CCCCCCCCCCF.[NaH]. The zero-order valence-electron chi connectivity index (χ0n) is 27.0. The monoisotopic (exact) mass is 634 g/mol. The van der Waals surface area contributed by atoms with Gasteiger partial charge in [-0.1, -0.05) is 174 Å². The fourth-order valence-corrected chi connectivity index (χ4v) is 6.02. The second-order valence-electron chi connectivity index (χ2n) is 12.1. The zero-order chi connectivity index (χ0) is 30.1. The van der Waals surface area contributed by atoms with Gasteiger partial charge in [0.15, 0.2) is 0 Å². The van der Waals surface area contributed by atoms with Crippen LogP contribution in [0.25, 0.3) is 0 Å². The third-order valence-corrected chi connectivity index (χ3v) is 8.90. The van der Waals surface area contributed by atoms with Crippen LogP contribution in [0.15, 0.2) is 0 Å². The zero-order valence-corrected chi connectivity index (χ0v) is 27.8. The van der Waals surface area contributed by atoms with Crippen molar-refractivity contribution < 1.29 is 25.6 Å². The molecule has 0 spiro atoms. The van der Waals surface area contributed by atoms with Crippen LogP contribution in [0.4, 0.5) is 8.78 Å². The van der Waals surface area contributed by atoms with Crippen molar-refractivity contribution in [3.05, 3.63) is 0 Å². The van der Waals surface area contributed by atoms with Crippen LogP contribution >= 0.6 is 0 Å². The Morgan fingerprint density at radius 2 is 0.833 bits per heavy atom. The van der Waals surface area contributed by atoms with Crippen LogP contribution in [0.2, 0.25) is 0 Å². The maximum atomic E-state index is 14.0. The van der Waals surface area contributed by atoms with Crippen LogP contribution in [0.5, 0.6) is 0 Å². The minimum absolute atomic E-state index is 0. The van der Waals surface area contributed by atoms with E-state index in [1.165, 1.54) is 109 Å². The van der Waals surface area contributed by atoms with Crippen molar-refractivity contribution in [2.24, 2.45) is 0 Å². The fraction of sp³-hybridized carbons (Fsp3) is 1.00. The second-order valence-corrected chi connectivity index (χ2v) is 13.4. The summed E-state index contributed by atoms with van der Waals surface area (Å²) in [6.45, 7) is 1.67. The molecule has 0 aromatic rings. The Hall–Kier alpha value is 0.730. The predicted molar refractivity (Wildman–Crippen MR) is 178 cm³/mol. The van der Waals surface area contributed by atoms with Crippen LogP contribution in [-0.2, 0) is 18.8 Å². The third kappa shape index (κ3) is 36.9. The van der Waals surface area contributed by atoms with Crippen LogP contribution < -0.4 is 0 Å². The molecule has 0 aliphatic carbocycles. The molecule has 1 atom stereocenters. The van der Waals surface area contributed by atoms with E-state index < -0.39 is 23.2 Å². The van der Waals surface area contributed by atoms with Gasteiger partial charge in [-0.3, -0.25) is 4.39 Å². The van der Waals surface area contributed by atoms with Crippen LogP contribution in [-0.4, -0.2) is 64.0 Å². The summed E-state index contributed by atoms with van der Waals surface area (Å²) in [4.78, 5) is 0. The first-order valence-corrected chi connectivity index (χ1v) is 19.1. The van der Waals surface area contributed by atoms with E-state index in [9.17, 15) is 17.2 Å². The summed E-state index contributed by atoms with van der Waals surface area (Å²) in [6.07, 6.45) is 32.5. The average Bonchev–Trinajstić information content (AvgIpc) is 2.96. The van der Waals surface area contributed by atoms with Gasteiger partial charge in [0.25, 0.3) is 0 Å². The van der Waals surface area contributed by atoms with Crippen molar-refractivity contribution in [2.75, 3.05) is 19.9 Å². The van der Waals surface area contributed by atoms with Crippen LogP contribution in [0, 0.1) is 0 Å². The van der Waals surface area contributed by atoms with Crippen molar-refractivity contribution >= 4 is 40.0 Å². The third-order valence-electron chi connectivity index (χ3n) is 8.02. The summed E-state index contributed by atoms with van der Waals surface area (Å²) in [5.74, 6) is 0. The van der Waals surface area contributed by atoms with Crippen LogP contribution in [0.1, 0.15) is 193 Å². The molecule has 0 N–H and O–H groups in total. The van der Waals surface area contributed by atoms with Crippen molar-refractivity contribution in [2.45, 2.75) is 199 Å². The number of halogens is 2. The van der Waals surface area contributed by atoms with Gasteiger partial charge in [0.1, 0.15) is 6.17 Å². The molecule has 0 aromatic carbocycles. The topological polar surface area (TPSA) is 52.6 Å². The first-order valence-electron chi connectivity index (χ1n) is 17.8. The van der Waals surface area contributed by atoms with Crippen molar-refractivity contribution in [1.82, 2.24) is 0 Å². The van der Waals surface area contributed by atoms with E-state index in [0.717, 1.165) is 57.8 Å². The molecule has 1 unspecified atom stereocenters. The number of rotatable bonds is 35. The molecule has 0 bridgehead atoms. The molecular formula is C34H69F2NaO4S. The summed E-state index contributed by atoms with van der Waals surface area (Å²) < 4.78 is 59.2. The fourth-order valence-electron chi connectivity index (χ4n) is 5.31. The molecule has 0 heterocycles. The Morgan fingerprint density at radius 3 is 1.21 bits per heavy atom. The van der Waals surface area contributed by atoms with Crippen molar-refractivity contribution in [1.29, 1.82) is 0 Å². The Kier molecular flexibility index (Phi) is 38.7. The van der Waals surface area contributed by atoms with E-state index >= 15 is 0 Å². The van der Waals surface area contributed by atoms with E-state index in [2.05, 4.69) is 6.92 Å². The summed E-state index contributed by atoms with van der Waals surface area (Å²) in [5.41, 5.74) is 0. The van der Waals surface area contributed by atoms with Gasteiger partial charge in [-0.2, -0.15) is 8.42 Å². The van der Waals surface area contributed by atoms with E-state index in [1.807, 2.05) is 0 Å². The summed E-state index contributed by atoms with van der Waals surface area (Å²) >= 11 is 0. The molecule has 0 amide bonds. The molecule has 0 saturated heterocycles. The molecule has 0 aromatic heterocycles. The Balaban J connectivity index is 0. The second kappa shape index (κ2) is 36.2. The molecule has 250 valence electrons. The maximum absolute atomic E-state index is 14.0. The van der Waals surface area contributed by atoms with Crippen LogP contribution in [0.3, 0.4) is 0 Å². The Morgan fingerprint density at radius 1 is 0.500 bits per heavy atom. The molecule has 0 saturated carbocycles. The number of unbranched alkanes of at least 4 members (excludes halogenated alkanes) is 26. The van der Waals surface area contributed by atoms with E-state index in [1.54, 1.807) is 0 Å². The first-order chi connectivity index (χ1) is 20.0. The van der Waals surface area contributed by atoms with Crippen molar-refractivity contribution in [3.63, 3.8) is 0 Å².